The van der Waals surface area contributed by atoms with Crippen molar-refractivity contribution in [2.24, 2.45) is 0 Å². The van der Waals surface area contributed by atoms with Crippen LogP contribution in [0.1, 0.15) is 23.0 Å². The number of nitrogens with zero attached hydrogens (tertiary/aromatic N) is 1. The fraction of sp³-hybridized carbons (Fsp3) is 0.214. The molecule has 0 atom stereocenters. The van der Waals surface area contributed by atoms with Crippen molar-refractivity contribution in [2.45, 2.75) is 20.4 Å². The minimum Gasteiger partial charge on any atom is -0.344 e. The first kappa shape index (κ1) is 12.9. The number of hydrogen-bond donors (Lipinski definition) is 1. The second-order valence-electron chi connectivity index (χ2n) is 4.10. The molecule has 0 spiro atoms. The van der Waals surface area contributed by atoms with Crippen molar-refractivity contribution in [3.05, 3.63) is 52.3 Å². The molecule has 0 saturated heterocycles. The molecule has 0 saturated carbocycles. The van der Waals surface area contributed by atoms with Gasteiger partial charge in [0.25, 0.3) is 5.91 Å². The number of nitrogens with one attached hydrogen (secondary N) is 1. The van der Waals surface area contributed by atoms with Crippen molar-refractivity contribution in [2.75, 3.05) is 5.32 Å². The lowest BCUT2D eigenvalue weighted by atomic mass is 10.2. The Morgan fingerprint density at radius 2 is 2.17 bits per heavy atom. The average Bonchev–Trinajstić information content (AvgIpc) is 2.82. The monoisotopic (exact) mass is 306 g/mol. The summed E-state index contributed by atoms with van der Waals surface area (Å²) in [6, 6.07) is 9.47. The Morgan fingerprint density at radius 3 is 2.83 bits per heavy atom. The Kier molecular flexibility index (Phi) is 3.87. The van der Waals surface area contributed by atoms with E-state index in [0.29, 0.717) is 5.69 Å². The maximum Gasteiger partial charge on any atom is 0.272 e. The highest BCUT2D eigenvalue weighted by Crippen LogP contribution is 2.20. The van der Waals surface area contributed by atoms with Gasteiger partial charge in [0.1, 0.15) is 5.69 Å². The van der Waals surface area contributed by atoms with Gasteiger partial charge in [-0.05, 0) is 49.7 Å². The Bertz CT molecular complexity index is 575. The highest BCUT2D eigenvalue weighted by molar-refractivity contribution is 9.10. The van der Waals surface area contributed by atoms with Crippen LogP contribution in [0.5, 0.6) is 0 Å². The minimum absolute atomic E-state index is 0.0800. The summed E-state index contributed by atoms with van der Waals surface area (Å²) in [5.74, 6) is -0.0800. The molecule has 3 nitrogen and oxygen atoms in total. The molecule has 0 aliphatic carbocycles. The van der Waals surface area contributed by atoms with Gasteiger partial charge in [0.05, 0.1) is 0 Å². The summed E-state index contributed by atoms with van der Waals surface area (Å²) >= 11 is 3.44. The van der Waals surface area contributed by atoms with Crippen molar-refractivity contribution in [1.29, 1.82) is 0 Å². The van der Waals surface area contributed by atoms with E-state index in [4.69, 9.17) is 0 Å². The zero-order valence-electron chi connectivity index (χ0n) is 10.4. The van der Waals surface area contributed by atoms with Crippen LogP contribution in [0.2, 0.25) is 0 Å². The maximum atomic E-state index is 12.1. The molecule has 0 bridgehead atoms. The molecule has 0 aliphatic heterocycles. The van der Waals surface area contributed by atoms with Gasteiger partial charge in [0.2, 0.25) is 0 Å². The number of aryl methyl sites for hydroxylation is 2. The number of benzene rings is 1. The van der Waals surface area contributed by atoms with E-state index < -0.39 is 0 Å². The number of carbonyl (C=O) groups is 1. The number of amides is 1. The number of rotatable bonds is 3. The normalized spacial score (nSPS) is 10.4. The van der Waals surface area contributed by atoms with E-state index in [1.807, 2.05) is 54.9 Å². The topological polar surface area (TPSA) is 34.0 Å². The molecule has 0 unspecified atom stereocenters. The molecule has 4 heteroatoms. The Morgan fingerprint density at radius 1 is 1.39 bits per heavy atom. The molecule has 2 aromatic rings. The first-order valence-electron chi connectivity index (χ1n) is 5.84. The lowest BCUT2D eigenvalue weighted by Crippen LogP contribution is -2.16. The van der Waals surface area contributed by atoms with Gasteiger partial charge in [-0.1, -0.05) is 15.9 Å². The lowest BCUT2D eigenvalue weighted by molar-refractivity contribution is 0.101. The van der Waals surface area contributed by atoms with Gasteiger partial charge >= 0.3 is 0 Å². The van der Waals surface area contributed by atoms with Crippen LogP contribution in [0.4, 0.5) is 5.69 Å². The fourth-order valence-corrected chi connectivity index (χ4v) is 2.06. The molecule has 0 radical (unpaired) electrons. The summed E-state index contributed by atoms with van der Waals surface area (Å²) in [6.07, 6.45) is 1.90. The molecule has 0 fully saturated rings. The van der Waals surface area contributed by atoms with E-state index in [0.717, 1.165) is 22.3 Å². The van der Waals surface area contributed by atoms with Gasteiger partial charge in [0, 0.05) is 22.9 Å². The smallest absolute Gasteiger partial charge is 0.272 e. The van der Waals surface area contributed by atoms with Crippen molar-refractivity contribution in [3.8, 4) is 0 Å². The van der Waals surface area contributed by atoms with Crippen molar-refractivity contribution in [3.63, 3.8) is 0 Å². The second kappa shape index (κ2) is 5.40. The summed E-state index contributed by atoms with van der Waals surface area (Å²) in [5.41, 5.74) is 2.58. The van der Waals surface area contributed by atoms with Crippen LogP contribution in [0.15, 0.2) is 41.0 Å². The van der Waals surface area contributed by atoms with E-state index in [-0.39, 0.29) is 5.91 Å². The van der Waals surface area contributed by atoms with Crippen molar-refractivity contribution in [1.82, 2.24) is 4.57 Å². The molecule has 1 aromatic carbocycles. The SMILES string of the molecule is CCn1cccc1C(=O)Nc1ccc(Br)c(C)c1. The van der Waals surface area contributed by atoms with Gasteiger partial charge in [-0.3, -0.25) is 4.79 Å². The summed E-state index contributed by atoms with van der Waals surface area (Å²) in [7, 11) is 0. The molecule has 1 heterocycles. The zero-order chi connectivity index (χ0) is 13.1. The zero-order valence-corrected chi connectivity index (χ0v) is 12.0. The van der Waals surface area contributed by atoms with Crippen LogP contribution in [0.3, 0.4) is 0 Å². The minimum atomic E-state index is -0.0800. The predicted molar refractivity (Wildman–Crippen MR) is 76.9 cm³/mol. The Balaban J connectivity index is 2.19. The third kappa shape index (κ3) is 2.64. The Hall–Kier alpha value is -1.55. The van der Waals surface area contributed by atoms with Crippen LogP contribution in [-0.2, 0) is 6.54 Å². The first-order valence-corrected chi connectivity index (χ1v) is 6.63. The number of hydrogen-bond acceptors (Lipinski definition) is 1. The third-order valence-electron chi connectivity index (χ3n) is 2.82. The van der Waals surface area contributed by atoms with Crippen molar-refractivity contribution < 1.29 is 4.79 Å². The van der Waals surface area contributed by atoms with Gasteiger partial charge < -0.3 is 9.88 Å². The number of carbonyl (C=O) groups excluding carboxylic acids is 1. The highest BCUT2D eigenvalue weighted by atomic mass is 79.9. The van der Waals surface area contributed by atoms with E-state index >= 15 is 0 Å². The molecule has 1 N–H and O–H groups in total. The summed E-state index contributed by atoms with van der Waals surface area (Å²) in [6.45, 7) is 4.80. The largest absolute Gasteiger partial charge is 0.344 e. The van der Waals surface area contributed by atoms with Crippen LogP contribution >= 0.6 is 15.9 Å². The predicted octanol–water partition coefficient (Wildman–Crippen LogP) is 3.83. The number of anilines is 1. The number of halogens is 1. The molecule has 18 heavy (non-hydrogen) atoms. The van der Waals surface area contributed by atoms with Gasteiger partial charge in [0.15, 0.2) is 0 Å². The van der Waals surface area contributed by atoms with E-state index in [2.05, 4.69) is 21.2 Å². The molecule has 1 aromatic heterocycles. The molecular weight excluding hydrogens is 292 g/mol. The summed E-state index contributed by atoms with van der Waals surface area (Å²) in [4.78, 5) is 12.1. The highest BCUT2D eigenvalue weighted by Gasteiger charge is 2.10. The lowest BCUT2D eigenvalue weighted by Gasteiger charge is -2.09. The quantitative estimate of drug-likeness (QED) is 0.918. The van der Waals surface area contributed by atoms with Crippen LogP contribution in [-0.4, -0.2) is 10.5 Å². The molecular formula is C14H15BrN2O. The molecule has 0 aliphatic rings. The van der Waals surface area contributed by atoms with Gasteiger partial charge in [-0.25, -0.2) is 0 Å². The van der Waals surface area contributed by atoms with Crippen LogP contribution < -0.4 is 5.32 Å². The van der Waals surface area contributed by atoms with Crippen LogP contribution in [0.25, 0.3) is 0 Å². The van der Waals surface area contributed by atoms with Gasteiger partial charge in [-0.2, -0.15) is 0 Å². The number of aromatic nitrogens is 1. The standard InChI is InChI=1S/C14H15BrN2O/c1-3-17-8-4-5-13(17)14(18)16-11-6-7-12(15)10(2)9-11/h4-9H,3H2,1-2H3,(H,16,18). The van der Waals surface area contributed by atoms with E-state index in [1.165, 1.54) is 0 Å². The van der Waals surface area contributed by atoms with Crippen molar-refractivity contribution >= 4 is 27.5 Å². The Labute approximate surface area is 115 Å². The first-order chi connectivity index (χ1) is 8.61. The van der Waals surface area contributed by atoms with Gasteiger partial charge in [-0.15, -0.1) is 0 Å². The summed E-state index contributed by atoms with van der Waals surface area (Å²) in [5, 5.41) is 2.91. The van der Waals surface area contributed by atoms with E-state index in [1.54, 1.807) is 0 Å². The molecule has 2 rings (SSSR count). The van der Waals surface area contributed by atoms with Crippen LogP contribution in [0, 0.1) is 6.92 Å². The third-order valence-corrected chi connectivity index (χ3v) is 3.71. The molecule has 1 amide bonds. The maximum absolute atomic E-state index is 12.1. The fourth-order valence-electron chi connectivity index (χ4n) is 1.81. The average molecular weight is 307 g/mol. The molecule has 94 valence electrons. The summed E-state index contributed by atoms with van der Waals surface area (Å²) < 4.78 is 2.96. The second-order valence-corrected chi connectivity index (χ2v) is 4.95. The van der Waals surface area contributed by atoms with E-state index in [9.17, 15) is 4.79 Å².